The number of hydrogen-bond donors (Lipinski definition) is 1. The zero-order valence-electron chi connectivity index (χ0n) is 14.7. The summed E-state index contributed by atoms with van der Waals surface area (Å²) in [5.41, 5.74) is 3.62. The summed E-state index contributed by atoms with van der Waals surface area (Å²) in [4.78, 5) is 13.7. The summed E-state index contributed by atoms with van der Waals surface area (Å²) in [6.45, 7) is 5.76. The van der Waals surface area contributed by atoms with Crippen LogP contribution >= 0.6 is 0 Å². The molecule has 2 rings (SSSR count). The van der Waals surface area contributed by atoms with Gasteiger partial charge in [0.05, 0.1) is 6.54 Å². The zero-order chi connectivity index (χ0) is 17.4. The lowest BCUT2D eigenvalue weighted by Crippen LogP contribution is -2.40. The van der Waals surface area contributed by atoms with E-state index in [0.717, 1.165) is 17.7 Å². The Balaban J connectivity index is 1.69. The van der Waals surface area contributed by atoms with Gasteiger partial charge in [0.1, 0.15) is 12.4 Å². The van der Waals surface area contributed by atoms with Crippen LogP contribution in [-0.2, 0) is 6.42 Å². The second kappa shape index (κ2) is 8.96. The molecule has 0 bridgehead atoms. The van der Waals surface area contributed by atoms with Gasteiger partial charge < -0.3 is 15.0 Å². The molecule has 4 nitrogen and oxygen atoms in total. The molecule has 4 heteroatoms. The third-order valence-corrected chi connectivity index (χ3v) is 4.06. The van der Waals surface area contributed by atoms with E-state index in [1.807, 2.05) is 43.3 Å². The van der Waals surface area contributed by atoms with Gasteiger partial charge in [-0.1, -0.05) is 42.5 Å². The molecule has 1 N–H and O–H groups in total. The van der Waals surface area contributed by atoms with Gasteiger partial charge in [0.25, 0.3) is 0 Å². The lowest BCUT2D eigenvalue weighted by molar-refractivity contribution is 0.195. The summed E-state index contributed by atoms with van der Waals surface area (Å²) in [7, 11) is 1.78. The number of benzene rings is 2. The van der Waals surface area contributed by atoms with Crippen LogP contribution in [0.15, 0.2) is 48.5 Å². The normalized spacial score (nSPS) is 10.3. The van der Waals surface area contributed by atoms with Crippen LogP contribution in [0.25, 0.3) is 0 Å². The Bertz CT molecular complexity index is 670. The van der Waals surface area contributed by atoms with Crippen molar-refractivity contribution in [2.24, 2.45) is 0 Å². The first-order valence-corrected chi connectivity index (χ1v) is 8.30. The van der Waals surface area contributed by atoms with Gasteiger partial charge in [0, 0.05) is 13.6 Å². The standard InChI is InChI=1S/C20H26N2O2/c1-16-8-4-6-10-18(16)12-13-21-20(23)22(3)14-15-24-19-11-7-5-9-17(19)2/h4-11H,12-15H2,1-3H3,(H,21,23). The fourth-order valence-electron chi connectivity index (χ4n) is 2.44. The third kappa shape index (κ3) is 5.30. The number of urea groups is 1. The van der Waals surface area contributed by atoms with Gasteiger partial charge in [-0.2, -0.15) is 0 Å². The number of carbonyl (C=O) groups is 1. The van der Waals surface area contributed by atoms with Crippen LogP contribution in [0.3, 0.4) is 0 Å². The minimum atomic E-state index is -0.0723. The second-order valence-corrected chi connectivity index (χ2v) is 5.94. The number of nitrogens with zero attached hydrogens (tertiary/aromatic N) is 1. The molecule has 2 amide bonds. The molecular formula is C20H26N2O2. The summed E-state index contributed by atoms with van der Waals surface area (Å²) in [5, 5.41) is 2.95. The molecule has 0 aromatic heterocycles. The minimum Gasteiger partial charge on any atom is -0.491 e. The predicted octanol–water partition coefficient (Wildman–Crippen LogP) is 3.57. The highest BCUT2D eigenvalue weighted by Crippen LogP contribution is 2.15. The predicted molar refractivity (Wildman–Crippen MR) is 97.6 cm³/mol. The Morgan fingerprint density at radius 2 is 1.71 bits per heavy atom. The molecule has 0 spiro atoms. The Morgan fingerprint density at radius 1 is 1.04 bits per heavy atom. The molecule has 2 aromatic carbocycles. The first-order valence-electron chi connectivity index (χ1n) is 8.30. The summed E-state index contributed by atoms with van der Waals surface area (Å²) in [5.74, 6) is 0.867. The van der Waals surface area contributed by atoms with Crippen molar-refractivity contribution in [2.75, 3.05) is 26.7 Å². The molecule has 0 aliphatic rings. The van der Waals surface area contributed by atoms with E-state index < -0.39 is 0 Å². The van der Waals surface area contributed by atoms with Crippen molar-refractivity contribution in [3.63, 3.8) is 0 Å². The number of ether oxygens (including phenoxy) is 1. The molecule has 0 aliphatic carbocycles. The number of rotatable bonds is 7. The maximum absolute atomic E-state index is 12.1. The fourth-order valence-corrected chi connectivity index (χ4v) is 2.44. The first-order chi connectivity index (χ1) is 11.6. The number of amides is 2. The fraction of sp³-hybridized carbons (Fsp3) is 0.350. The van der Waals surface area contributed by atoms with Crippen LogP contribution in [-0.4, -0.2) is 37.7 Å². The topological polar surface area (TPSA) is 41.6 Å². The third-order valence-electron chi connectivity index (χ3n) is 4.06. The molecule has 0 atom stereocenters. The molecule has 24 heavy (non-hydrogen) atoms. The number of aryl methyl sites for hydroxylation is 2. The Kier molecular flexibility index (Phi) is 6.67. The highest BCUT2D eigenvalue weighted by atomic mass is 16.5. The molecule has 0 heterocycles. The number of likely N-dealkylation sites (N-methyl/N-ethyl adjacent to an activating group) is 1. The summed E-state index contributed by atoms with van der Waals surface area (Å²) >= 11 is 0. The van der Waals surface area contributed by atoms with E-state index in [0.29, 0.717) is 19.7 Å². The number of hydrogen-bond acceptors (Lipinski definition) is 2. The molecule has 128 valence electrons. The van der Waals surface area contributed by atoms with Crippen molar-refractivity contribution in [1.29, 1.82) is 0 Å². The molecule has 0 saturated heterocycles. The Morgan fingerprint density at radius 3 is 2.42 bits per heavy atom. The van der Waals surface area contributed by atoms with Crippen LogP contribution in [0.1, 0.15) is 16.7 Å². The largest absolute Gasteiger partial charge is 0.491 e. The highest BCUT2D eigenvalue weighted by molar-refractivity contribution is 5.73. The average molecular weight is 326 g/mol. The van der Waals surface area contributed by atoms with E-state index in [1.54, 1.807) is 11.9 Å². The van der Waals surface area contributed by atoms with Gasteiger partial charge in [0.2, 0.25) is 0 Å². The zero-order valence-corrected chi connectivity index (χ0v) is 14.7. The lowest BCUT2D eigenvalue weighted by atomic mass is 10.1. The SMILES string of the molecule is Cc1ccccc1CCNC(=O)N(C)CCOc1ccccc1C. The molecule has 0 radical (unpaired) electrons. The van der Waals surface area contributed by atoms with Crippen LogP contribution in [0.5, 0.6) is 5.75 Å². The summed E-state index contributed by atoms with van der Waals surface area (Å²) < 4.78 is 5.73. The molecule has 0 fully saturated rings. The molecule has 0 aliphatic heterocycles. The van der Waals surface area contributed by atoms with Crippen LogP contribution in [0, 0.1) is 13.8 Å². The van der Waals surface area contributed by atoms with Crippen molar-refractivity contribution in [1.82, 2.24) is 10.2 Å². The van der Waals surface area contributed by atoms with Crippen molar-refractivity contribution in [3.05, 3.63) is 65.2 Å². The Hall–Kier alpha value is -2.49. The van der Waals surface area contributed by atoms with Crippen molar-refractivity contribution < 1.29 is 9.53 Å². The van der Waals surface area contributed by atoms with Crippen molar-refractivity contribution in [3.8, 4) is 5.75 Å². The minimum absolute atomic E-state index is 0.0723. The maximum atomic E-state index is 12.1. The summed E-state index contributed by atoms with van der Waals surface area (Å²) in [6, 6.07) is 16.1. The highest BCUT2D eigenvalue weighted by Gasteiger charge is 2.08. The quantitative estimate of drug-likeness (QED) is 0.845. The van der Waals surface area contributed by atoms with Gasteiger partial charge in [0.15, 0.2) is 0 Å². The molecule has 2 aromatic rings. The summed E-state index contributed by atoms with van der Waals surface area (Å²) in [6.07, 6.45) is 0.839. The van der Waals surface area contributed by atoms with E-state index in [4.69, 9.17) is 4.74 Å². The smallest absolute Gasteiger partial charge is 0.317 e. The average Bonchev–Trinajstić information content (AvgIpc) is 2.58. The van der Waals surface area contributed by atoms with E-state index in [2.05, 4.69) is 24.4 Å². The monoisotopic (exact) mass is 326 g/mol. The second-order valence-electron chi connectivity index (χ2n) is 5.94. The molecule has 0 saturated carbocycles. The number of para-hydroxylation sites is 1. The van der Waals surface area contributed by atoms with Gasteiger partial charge in [-0.25, -0.2) is 4.79 Å². The van der Waals surface area contributed by atoms with E-state index in [9.17, 15) is 4.79 Å². The van der Waals surface area contributed by atoms with Crippen LogP contribution < -0.4 is 10.1 Å². The lowest BCUT2D eigenvalue weighted by Gasteiger charge is -2.19. The number of carbonyl (C=O) groups excluding carboxylic acids is 1. The van der Waals surface area contributed by atoms with Crippen molar-refractivity contribution in [2.45, 2.75) is 20.3 Å². The maximum Gasteiger partial charge on any atom is 0.317 e. The van der Waals surface area contributed by atoms with Crippen molar-refractivity contribution >= 4 is 6.03 Å². The van der Waals surface area contributed by atoms with Crippen LogP contribution in [0.4, 0.5) is 4.79 Å². The Labute approximate surface area is 144 Å². The van der Waals surface area contributed by atoms with Gasteiger partial charge in [-0.05, 0) is 43.0 Å². The van der Waals surface area contributed by atoms with Crippen LogP contribution in [0.2, 0.25) is 0 Å². The van der Waals surface area contributed by atoms with E-state index in [-0.39, 0.29) is 6.03 Å². The first kappa shape index (κ1) is 17.9. The molecular weight excluding hydrogens is 300 g/mol. The van der Waals surface area contributed by atoms with E-state index >= 15 is 0 Å². The molecule has 0 unspecified atom stereocenters. The van der Waals surface area contributed by atoms with Gasteiger partial charge in [-0.3, -0.25) is 0 Å². The van der Waals surface area contributed by atoms with E-state index in [1.165, 1.54) is 11.1 Å². The van der Waals surface area contributed by atoms with Gasteiger partial charge in [-0.15, -0.1) is 0 Å². The number of nitrogens with one attached hydrogen (secondary N) is 1. The van der Waals surface area contributed by atoms with Gasteiger partial charge >= 0.3 is 6.03 Å².